The predicted molar refractivity (Wildman–Crippen MR) is 213 cm³/mol. The average Bonchev–Trinajstić information content (AvgIpc) is 3.87. The number of para-hydroxylation sites is 2. The highest BCUT2D eigenvalue weighted by molar-refractivity contribution is 6.08. The van der Waals surface area contributed by atoms with E-state index in [4.69, 9.17) is 8.83 Å². The molecule has 3 heteroatoms. The lowest BCUT2D eigenvalue weighted by atomic mass is 9.68. The minimum Gasteiger partial charge on any atom is -0.456 e. The number of hydrogen-bond acceptors (Lipinski definition) is 3. The normalized spacial score (nSPS) is 13.2. The van der Waals surface area contributed by atoms with Gasteiger partial charge >= 0.3 is 0 Å². The monoisotopic (exact) mass is 665 g/mol. The van der Waals surface area contributed by atoms with Crippen molar-refractivity contribution in [2.24, 2.45) is 0 Å². The quantitative estimate of drug-likeness (QED) is 0.183. The van der Waals surface area contributed by atoms with Gasteiger partial charge in [-0.3, -0.25) is 0 Å². The van der Waals surface area contributed by atoms with Gasteiger partial charge in [0.15, 0.2) is 0 Å². The molecule has 0 atom stereocenters. The van der Waals surface area contributed by atoms with Crippen molar-refractivity contribution < 1.29 is 8.83 Å². The van der Waals surface area contributed by atoms with E-state index in [0.717, 1.165) is 60.9 Å². The summed E-state index contributed by atoms with van der Waals surface area (Å²) in [7, 11) is 0. The van der Waals surface area contributed by atoms with Crippen molar-refractivity contribution in [1.29, 1.82) is 0 Å². The van der Waals surface area contributed by atoms with Gasteiger partial charge in [-0.1, -0.05) is 133 Å². The summed E-state index contributed by atoms with van der Waals surface area (Å²) < 4.78 is 13.0. The Morgan fingerprint density at radius 1 is 0.365 bits per heavy atom. The maximum atomic E-state index is 6.48. The molecule has 11 rings (SSSR count). The van der Waals surface area contributed by atoms with E-state index in [1.165, 1.54) is 33.4 Å². The molecular weight excluding hydrogens is 635 g/mol. The van der Waals surface area contributed by atoms with Gasteiger partial charge in [0.25, 0.3) is 0 Å². The van der Waals surface area contributed by atoms with Gasteiger partial charge in [0.2, 0.25) is 0 Å². The van der Waals surface area contributed by atoms with Crippen molar-refractivity contribution in [3.05, 3.63) is 210 Å². The molecule has 0 amide bonds. The molecule has 0 fully saturated rings. The first-order valence-electron chi connectivity index (χ1n) is 17.8. The van der Waals surface area contributed by atoms with Gasteiger partial charge in [0.05, 0.1) is 11.1 Å². The van der Waals surface area contributed by atoms with E-state index >= 15 is 0 Å². The van der Waals surface area contributed by atoms with Crippen LogP contribution in [0.2, 0.25) is 0 Å². The second-order valence-corrected chi connectivity index (χ2v) is 13.6. The van der Waals surface area contributed by atoms with E-state index in [1.54, 1.807) is 0 Å². The van der Waals surface area contributed by atoms with E-state index in [9.17, 15) is 0 Å². The molecule has 2 aromatic heterocycles. The topological polar surface area (TPSA) is 29.5 Å². The van der Waals surface area contributed by atoms with Gasteiger partial charge in [0.1, 0.15) is 22.3 Å². The SMILES string of the molecule is c1ccc(C2(c3ccccc3)c3ccccc3-c3c(N(c4ccc5c(c4)oc4ccccc45)c4ccc5c(c4)oc4ccccc45)cccc32)cc1. The maximum absolute atomic E-state index is 6.48. The molecule has 0 bridgehead atoms. The summed E-state index contributed by atoms with van der Waals surface area (Å²) in [5.74, 6) is 0. The molecule has 244 valence electrons. The zero-order valence-corrected chi connectivity index (χ0v) is 28.2. The van der Waals surface area contributed by atoms with Crippen LogP contribution in [-0.4, -0.2) is 0 Å². The van der Waals surface area contributed by atoms with E-state index in [0.29, 0.717) is 0 Å². The fraction of sp³-hybridized carbons (Fsp3) is 0.0204. The predicted octanol–water partition coefficient (Wildman–Crippen LogP) is 13.3. The number of furan rings is 2. The zero-order valence-electron chi connectivity index (χ0n) is 28.2. The highest BCUT2D eigenvalue weighted by atomic mass is 16.3. The maximum Gasteiger partial charge on any atom is 0.137 e. The van der Waals surface area contributed by atoms with E-state index in [2.05, 4.69) is 169 Å². The summed E-state index contributed by atoms with van der Waals surface area (Å²) in [5, 5.41) is 4.43. The highest BCUT2D eigenvalue weighted by Crippen LogP contribution is 2.59. The summed E-state index contributed by atoms with van der Waals surface area (Å²) in [6.07, 6.45) is 0. The third-order valence-electron chi connectivity index (χ3n) is 10.9. The summed E-state index contributed by atoms with van der Waals surface area (Å²) >= 11 is 0. The van der Waals surface area contributed by atoms with Crippen LogP contribution in [0.1, 0.15) is 22.3 Å². The fourth-order valence-corrected chi connectivity index (χ4v) is 8.79. The van der Waals surface area contributed by atoms with E-state index < -0.39 is 5.41 Å². The summed E-state index contributed by atoms with van der Waals surface area (Å²) in [6, 6.07) is 67.3. The molecule has 52 heavy (non-hydrogen) atoms. The summed E-state index contributed by atoms with van der Waals surface area (Å²) in [6.45, 7) is 0. The number of nitrogens with zero attached hydrogens (tertiary/aromatic N) is 1. The lowest BCUT2D eigenvalue weighted by molar-refractivity contribution is 0.669. The first-order valence-corrected chi connectivity index (χ1v) is 17.8. The molecule has 2 heterocycles. The van der Waals surface area contributed by atoms with Gasteiger partial charge in [-0.15, -0.1) is 0 Å². The molecule has 1 aliphatic rings. The summed E-state index contributed by atoms with van der Waals surface area (Å²) in [5.41, 5.74) is 13.5. The highest BCUT2D eigenvalue weighted by Gasteiger charge is 2.47. The van der Waals surface area contributed by atoms with Crippen LogP contribution in [0.3, 0.4) is 0 Å². The van der Waals surface area contributed by atoms with Crippen LogP contribution < -0.4 is 4.90 Å². The zero-order chi connectivity index (χ0) is 34.2. The average molecular weight is 666 g/mol. The number of rotatable bonds is 5. The largest absolute Gasteiger partial charge is 0.456 e. The smallest absolute Gasteiger partial charge is 0.137 e. The molecule has 0 radical (unpaired) electrons. The van der Waals surface area contributed by atoms with Crippen molar-refractivity contribution in [2.45, 2.75) is 5.41 Å². The first kappa shape index (κ1) is 28.9. The van der Waals surface area contributed by atoms with Gasteiger partial charge in [-0.25, -0.2) is 0 Å². The Hall–Kier alpha value is -6.84. The Morgan fingerprint density at radius 3 is 1.44 bits per heavy atom. The van der Waals surface area contributed by atoms with Crippen molar-refractivity contribution in [1.82, 2.24) is 0 Å². The molecular formula is C49H31NO2. The van der Waals surface area contributed by atoms with E-state index in [1.807, 2.05) is 24.3 Å². The minimum atomic E-state index is -0.512. The molecule has 0 spiro atoms. The number of hydrogen-bond donors (Lipinski definition) is 0. The minimum absolute atomic E-state index is 0.512. The second kappa shape index (κ2) is 11.1. The van der Waals surface area contributed by atoms with Crippen molar-refractivity contribution in [3.8, 4) is 11.1 Å². The molecule has 0 saturated heterocycles. The van der Waals surface area contributed by atoms with Gasteiger partial charge in [-0.05, 0) is 70.3 Å². The number of anilines is 3. The standard InChI is InChI=1S/C49H31NO2/c1-3-14-32(15-4-1)49(33-16-5-2-6-17-33)41-21-10-7-20-40(41)48-42(49)22-13-23-43(48)50(34-26-28-38-36-18-8-11-24-44(36)51-46(38)30-34)35-27-29-39-37-19-9-12-25-45(37)52-47(39)31-35/h1-31H. The number of fused-ring (bicyclic) bond motifs is 9. The third-order valence-corrected chi connectivity index (χ3v) is 10.9. The Morgan fingerprint density at radius 2 is 0.846 bits per heavy atom. The molecule has 0 N–H and O–H groups in total. The van der Waals surface area contributed by atoms with Crippen LogP contribution in [0.25, 0.3) is 55.0 Å². The van der Waals surface area contributed by atoms with Crippen LogP contribution in [0.4, 0.5) is 17.1 Å². The first-order chi connectivity index (χ1) is 25.8. The van der Waals surface area contributed by atoms with Gasteiger partial charge in [-0.2, -0.15) is 0 Å². The van der Waals surface area contributed by atoms with Gasteiger partial charge < -0.3 is 13.7 Å². The molecule has 10 aromatic rings. The fourth-order valence-electron chi connectivity index (χ4n) is 8.79. The van der Waals surface area contributed by atoms with Crippen LogP contribution in [-0.2, 0) is 5.41 Å². The van der Waals surface area contributed by atoms with Gasteiger partial charge in [0, 0.05) is 50.6 Å². The van der Waals surface area contributed by atoms with Crippen LogP contribution in [0, 0.1) is 0 Å². The molecule has 0 aliphatic heterocycles. The molecule has 8 aromatic carbocycles. The van der Waals surface area contributed by atoms with Crippen molar-refractivity contribution >= 4 is 60.9 Å². The molecule has 1 aliphatic carbocycles. The summed E-state index contributed by atoms with van der Waals surface area (Å²) in [4.78, 5) is 2.38. The van der Waals surface area contributed by atoms with Crippen LogP contribution >= 0.6 is 0 Å². The van der Waals surface area contributed by atoms with Crippen LogP contribution in [0.5, 0.6) is 0 Å². The lowest BCUT2D eigenvalue weighted by Crippen LogP contribution is -2.28. The molecule has 3 nitrogen and oxygen atoms in total. The second-order valence-electron chi connectivity index (χ2n) is 13.6. The van der Waals surface area contributed by atoms with Crippen LogP contribution in [0.15, 0.2) is 197 Å². The molecule has 0 unspecified atom stereocenters. The molecule has 0 saturated carbocycles. The Balaban J connectivity index is 1.23. The van der Waals surface area contributed by atoms with E-state index in [-0.39, 0.29) is 0 Å². The lowest BCUT2D eigenvalue weighted by Gasteiger charge is -2.34. The Labute approximate surface area is 300 Å². The Bertz CT molecular complexity index is 2820. The van der Waals surface area contributed by atoms with Crippen molar-refractivity contribution in [3.63, 3.8) is 0 Å². The third kappa shape index (κ3) is 4.02. The van der Waals surface area contributed by atoms with Crippen molar-refractivity contribution in [2.75, 3.05) is 4.90 Å². The number of benzene rings is 8. The Kier molecular flexibility index (Phi) is 6.17.